The molecule has 2 nitrogen and oxygen atoms in total. The van der Waals surface area contributed by atoms with Gasteiger partial charge in [-0.1, -0.05) is 33.6 Å². The van der Waals surface area contributed by atoms with E-state index in [0.717, 1.165) is 17.9 Å². The summed E-state index contributed by atoms with van der Waals surface area (Å²) in [5.41, 5.74) is 0.549. The lowest BCUT2D eigenvalue weighted by molar-refractivity contribution is 0.0371. The Morgan fingerprint density at radius 3 is 2.38 bits per heavy atom. The summed E-state index contributed by atoms with van der Waals surface area (Å²) in [5, 5.41) is 3.75. The largest absolute Gasteiger partial charge is 0.316 e. The minimum atomic E-state index is 0.549. The molecule has 1 saturated heterocycles. The highest BCUT2D eigenvalue weighted by Gasteiger charge is 2.37. The number of hydrogen-bond acceptors (Lipinski definition) is 2. The van der Waals surface area contributed by atoms with Crippen molar-refractivity contribution in [3.8, 4) is 0 Å². The maximum absolute atomic E-state index is 3.75. The van der Waals surface area contributed by atoms with E-state index < -0.39 is 0 Å². The van der Waals surface area contributed by atoms with Crippen LogP contribution in [0.2, 0.25) is 0 Å². The molecule has 1 saturated carbocycles. The summed E-state index contributed by atoms with van der Waals surface area (Å²) >= 11 is 0. The minimum absolute atomic E-state index is 0.549. The van der Waals surface area contributed by atoms with Gasteiger partial charge in [-0.05, 0) is 62.8 Å². The van der Waals surface area contributed by atoms with E-state index in [1.54, 1.807) is 0 Å². The van der Waals surface area contributed by atoms with Gasteiger partial charge >= 0.3 is 0 Å². The molecule has 0 aromatic rings. The van der Waals surface area contributed by atoms with Crippen LogP contribution in [0.3, 0.4) is 0 Å². The summed E-state index contributed by atoms with van der Waals surface area (Å²) in [6.07, 6.45) is 9.82. The van der Waals surface area contributed by atoms with Gasteiger partial charge in [0.15, 0.2) is 0 Å². The molecule has 0 aromatic carbocycles. The smallest absolute Gasteiger partial charge is 0.00673 e. The molecule has 0 bridgehead atoms. The fourth-order valence-corrected chi connectivity index (χ4v) is 4.33. The highest BCUT2D eigenvalue weighted by Crippen LogP contribution is 2.40. The van der Waals surface area contributed by atoms with Crippen LogP contribution in [-0.4, -0.2) is 37.1 Å². The molecule has 0 radical (unpaired) electrons. The van der Waals surface area contributed by atoms with Crippen molar-refractivity contribution in [1.29, 1.82) is 0 Å². The Bertz CT molecular complexity index is 294. The Balaban J connectivity index is 1.97. The first-order valence-corrected chi connectivity index (χ1v) is 9.49. The molecule has 0 spiro atoms. The monoisotopic (exact) mass is 294 g/mol. The summed E-state index contributed by atoms with van der Waals surface area (Å²) < 4.78 is 0. The SMILES string of the molecule is CCCNCC1(CN2CC(C)CCC2C)CCC(C)CC1. The van der Waals surface area contributed by atoms with Crippen molar-refractivity contribution in [1.82, 2.24) is 10.2 Å². The number of piperidine rings is 1. The number of nitrogens with one attached hydrogen (secondary N) is 1. The molecule has 1 heterocycles. The van der Waals surface area contributed by atoms with E-state index in [0.29, 0.717) is 5.41 Å². The van der Waals surface area contributed by atoms with Crippen molar-refractivity contribution in [2.45, 2.75) is 78.7 Å². The van der Waals surface area contributed by atoms with Crippen LogP contribution in [0.1, 0.15) is 72.6 Å². The molecule has 124 valence electrons. The molecule has 1 aliphatic carbocycles. The first kappa shape index (κ1) is 17.3. The van der Waals surface area contributed by atoms with E-state index in [9.17, 15) is 0 Å². The van der Waals surface area contributed by atoms with E-state index in [1.165, 1.54) is 71.1 Å². The van der Waals surface area contributed by atoms with Crippen molar-refractivity contribution >= 4 is 0 Å². The summed E-state index contributed by atoms with van der Waals surface area (Å²) in [4.78, 5) is 2.82. The summed E-state index contributed by atoms with van der Waals surface area (Å²) in [6.45, 7) is 14.7. The standard InChI is InChI=1S/C19H38N2/c1-5-12-20-14-19(10-8-16(2)9-11-19)15-21-13-17(3)6-7-18(21)4/h16-18,20H,5-15H2,1-4H3. The van der Waals surface area contributed by atoms with Crippen molar-refractivity contribution in [2.24, 2.45) is 17.3 Å². The van der Waals surface area contributed by atoms with Gasteiger partial charge in [-0.2, -0.15) is 0 Å². The van der Waals surface area contributed by atoms with Gasteiger partial charge in [0, 0.05) is 25.7 Å². The first-order valence-electron chi connectivity index (χ1n) is 9.49. The Morgan fingerprint density at radius 1 is 1.00 bits per heavy atom. The van der Waals surface area contributed by atoms with E-state index in [2.05, 4.69) is 37.9 Å². The fourth-order valence-electron chi connectivity index (χ4n) is 4.33. The molecule has 0 amide bonds. The third-order valence-corrected chi connectivity index (χ3v) is 6.05. The molecule has 2 atom stereocenters. The van der Waals surface area contributed by atoms with Gasteiger partial charge in [0.2, 0.25) is 0 Å². The van der Waals surface area contributed by atoms with Crippen LogP contribution in [-0.2, 0) is 0 Å². The van der Waals surface area contributed by atoms with E-state index >= 15 is 0 Å². The van der Waals surface area contributed by atoms with Crippen LogP contribution in [0.25, 0.3) is 0 Å². The Morgan fingerprint density at radius 2 is 1.71 bits per heavy atom. The van der Waals surface area contributed by atoms with E-state index in [1.807, 2.05) is 0 Å². The van der Waals surface area contributed by atoms with Gasteiger partial charge in [-0.25, -0.2) is 0 Å². The molecular formula is C19H38N2. The zero-order valence-electron chi connectivity index (χ0n) is 15.0. The molecular weight excluding hydrogens is 256 g/mol. The predicted molar refractivity (Wildman–Crippen MR) is 92.7 cm³/mol. The van der Waals surface area contributed by atoms with Crippen molar-refractivity contribution in [3.05, 3.63) is 0 Å². The number of hydrogen-bond donors (Lipinski definition) is 1. The average molecular weight is 295 g/mol. The topological polar surface area (TPSA) is 15.3 Å². The van der Waals surface area contributed by atoms with E-state index in [4.69, 9.17) is 0 Å². The molecule has 1 aliphatic heterocycles. The van der Waals surface area contributed by atoms with Gasteiger partial charge in [0.1, 0.15) is 0 Å². The lowest BCUT2D eigenvalue weighted by atomic mass is 9.70. The zero-order valence-corrected chi connectivity index (χ0v) is 15.0. The van der Waals surface area contributed by atoms with Crippen molar-refractivity contribution < 1.29 is 0 Å². The van der Waals surface area contributed by atoms with Crippen molar-refractivity contribution in [3.63, 3.8) is 0 Å². The molecule has 2 rings (SSSR count). The fraction of sp³-hybridized carbons (Fsp3) is 1.00. The minimum Gasteiger partial charge on any atom is -0.316 e. The Labute approximate surface area is 133 Å². The van der Waals surface area contributed by atoms with Gasteiger partial charge in [-0.15, -0.1) is 0 Å². The maximum atomic E-state index is 3.75. The van der Waals surface area contributed by atoms with Crippen LogP contribution in [0.4, 0.5) is 0 Å². The third kappa shape index (κ3) is 4.96. The number of likely N-dealkylation sites (tertiary alicyclic amines) is 1. The molecule has 2 heteroatoms. The summed E-state index contributed by atoms with van der Waals surface area (Å²) in [7, 11) is 0. The first-order chi connectivity index (χ1) is 10.0. The van der Waals surface area contributed by atoms with Crippen LogP contribution in [0.5, 0.6) is 0 Å². The molecule has 0 aromatic heterocycles. The highest BCUT2D eigenvalue weighted by molar-refractivity contribution is 4.91. The lowest BCUT2D eigenvalue weighted by Crippen LogP contribution is -2.51. The maximum Gasteiger partial charge on any atom is 0.00673 e. The average Bonchev–Trinajstić information content (AvgIpc) is 2.46. The molecule has 2 unspecified atom stereocenters. The predicted octanol–water partition coefficient (Wildman–Crippen LogP) is 4.30. The molecule has 1 N–H and O–H groups in total. The second-order valence-electron chi connectivity index (χ2n) is 8.32. The molecule has 2 aliphatic rings. The zero-order chi connectivity index (χ0) is 15.3. The number of nitrogens with zero attached hydrogens (tertiary/aromatic N) is 1. The van der Waals surface area contributed by atoms with Crippen LogP contribution >= 0.6 is 0 Å². The quantitative estimate of drug-likeness (QED) is 0.735. The van der Waals surface area contributed by atoms with Gasteiger partial charge in [0.25, 0.3) is 0 Å². The second-order valence-corrected chi connectivity index (χ2v) is 8.32. The third-order valence-electron chi connectivity index (χ3n) is 6.05. The normalized spacial score (nSPS) is 38.6. The Kier molecular flexibility index (Phi) is 6.55. The van der Waals surface area contributed by atoms with Crippen molar-refractivity contribution in [2.75, 3.05) is 26.2 Å². The molecule has 21 heavy (non-hydrogen) atoms. The van der Waals surface area contributed by atoms with Gasteiger partial charge in [0.05, 0.1) is 0 Å². The van der Waals surface area contributed by atoms with Gasteiger partial charge < -0.3 is 5.32 Å². The van der Waals surface area contributed by atoms with Crippen LogP contribution in [0, 0.1) is 17.3 Å². The Hall–Kier alpha value is -0.0800. The van der Waals surface area contributed by atoms with E-state index in [-0.39, 0.29) is 0 Å². The second kappa shape index (κ2) is 7.97. The molecule has 2 fully saturated rings. The van der Waals surface area contributed by atoms with Crippen LogP contribution in [0.15, 0.2) is 0 Å². The lowest BCUT2D eigenvalue weighted by Gasteiger charge is -2.47. The van der Waals surface area contributed by atoms with Gasteiger partial charge in [-0.3, -0.25) is 4.90 Å². The van der Waals surface area contributed by atoms with Crippen LogP contribution < -0.4 is 5.32 Å². The summed E-state index contributed by atoms with van der Waals surface area (Å²) in [6, 6.07) is 0.795. The summed E-state index contributed by atoms with van der Waals surface area (Å²) in [5.74, 6) is 1.84. The highest BCUT2D eigenvalue weighted by atomic mass is 15.2. The number of rotatable bonds is 6.